The molecule has 3 aliphatic heterocycles. The lowest BCUT2D eigenvalue weighted by Gasteiger charge is -2.36. The molecular formula is C90H118Cl3N23O12S3. The Labute approximate surface area is 781 Å². The molecule has 3 saturated carbocycles. The third-order valence-electron chi connectivity index (χ3n) is 23.5. The number of hydrogen-bond acceptors (Lipinski definition) is 29. The van der Waals surface area contributed by atoms with Crippen LogP contribution in [0.2, 0.25) is 15.1 Å². The third-order valence-corrected chi connectivity index (χ3v) is 30.5. The number of hydrogen-bond donors (Lipinski definition) is 6. The molecule has 3 aromatic carbocycles. The van der Waals surface area contributed by atoms with Crippen LogP contribution < -0.4 is 46.1 Å². The lowest BCUT2D eigenvalue weighted by Crippen LogP contribution is -2.43. The van der Waals surface area contributed by atoms with Crippen LogP contribution in [-0.2, 0) is 65.0 Å². The number of piperidine rings is 3. The molecule has 3 saturated heterocycles. The minimum Gasteiger partial charge on any atom is -0.488 e. The van der Waals surface area contributed by atoms with Crippen LogP contribution in [0.15, 0.2) is 88.7 Å². The van der Waals surface area contributed by atoms with Crippen LogP contribution in [0.4, 0.5) is 69.4 Å². The van der Waals surface area contributed by atoms with Crippen molar-refractivity contribution in [3.8, 4) is 23.3 Å². The zero-order valence-electron chi connectivity index (χ0n) is 77.1. The van der Waals surface area contributed by atoms with Gasteiger partial charge in [-0.25, -0.2) is 40.2 Å². The molecule has 6 aromatic heterocycles. The summed E-state index contributed by atoms with van der Waals surface area (Å²) in [5, 5.41) is 38.8. The SMILES string of the molecule is Cc1cc(Nc2ncc(Cl)c(Nc3cn(C)nc3S(=O)(=O)C(C)C)n2)c(OC2CC2)cc1C1CCN(C(=O)C(C)(C)C)CC1.Cc1cc(Nc2ncc(Cl)c(Nc3cn(C)nc3S(=O)(=O)C(C)C)n2)c(OC2CC2)cc1C1CCN(C(=O)CC#N)CC1.Cc1cc(Nc2ncc(Cl)c(Nc3cn(C)nc3S(=O)(=O)C(C)C)n2)c(OC2CC2)cc1C1CCN(C(=O)CN(C)C)CC1. The van der Waals surface area contributed by atoms with Gasteiger partial charge in [0.1, 0.15) is 38.7 Å². The second-order valence-corrected chi connectivity index (χ2v) is 45.0. The molecule has 0 radical (unpaired) electrons. The van der Waals surface area contributed by atoms with Gasteiger partial charge in [0.05, 0.1) is 99.4 Å². The van der Waals surface area contributed by atoms with Crippen LogP contribution in [0, 0.1) is 37.5 Å². The van der Waals surface area contributed by atoms with E-state index in [1.165, 1.54) is 49.3 Å². The molecule has 0 spiro atoms. The summed E-state index contributed by atoms with van der Waals surface area (Å²) < 4.78 is 101. The number of anilines is 12. The van der Waals surface area contributed by atoms with Gasteiger partial charge in [0.25, 0.3) is 0 Å². The predicted octanol–water partition coefficient (Wildman–Crippen LogP) is 15.8. The number of sulfone groups is 3. The minimum absolute atomic E-state index is 0.0703. The first-order valence-electron chi connectivity index (χ1n) is 44.2. The molecule has 9 aromatic rings. The van der Waals surface area contributed by atoms with E-state index in [4.69, 9.17) is 54.3 Å². The molecule has 35 nitrogen and oxygen atoms in total. The van der Waals surface area contributed by atoms with E-state index in [-0.39, 0.29) is 136 Å². The molecule has 0 atom stereocenters. The van der Waals surface area contributed by atoms with Crippen LogP contribution in [0.5, 0.6) is 17.2 Å². The Kier molecular flexibility index (Phi) is 30.5. The molecule has 3 amide bonds. The van der Waals surface area contributed by atoms with Crippen molar-refractivity contribution in [3.05, 3.63) is 122 Å². The van der Waals surface area contributed by atoms with E-state index in [9.17, 15) is 39.6 Å². The molecular weight excluding hydrogens is 1800 g/mol. The Morgan fingerprint density at radius 3 is 0.992 bits per heavy atom. The highest BCUT2D eigenvalue weighted by Gasteiger charge is 2.38. The Hall–Kier alpha value is -10.7. The van der Waals surface area contributed by atoms with Crippen molar-refractivity contribution in [1.82, 2.24) is 78.8 Å². The number of likely N-dealkylation sites (tertiary alicyclic amines) is 3. The zero-order valence-corrected chi connectivity index (χ0v) is 81.8. The van der Waals surface area contributed by atoms with Gasteiger partial charge in [0.15, 0.2) is 17.5 Å². The first kappa shape index (κ1) is 97.8. The number of aromatic nitrogens is 12. The van der Waals surface area contributed by atoms with E-state index in [1.54, 1.807) is 86.2 Å². The van der Waals surface area contributed by atoms with E-state index < -0.39 is 45.3 Å². The summed E-state index contributed by atoms with van der Waals surface area (Å²) in [7, 11) is -2.20. The summed E-state index contributed by atoms with van der Waals surface area (Å²) in [5.74, 6) is 4.82. The van der Waals surface area contributed by atoms with Gasteiger partial charge in [-0.05, 0) is 241 Å². The normalized spacial score (nSPS) is 16.1. The summed E-state index contributed by atoms with van der Waals surface area (Å²) in [6.45, 7) is 26.4. The van der Waals surface area contributed by atoms with Crippen molar-refractivity contribution in [2.75, 3.05) is 91.8 Å². The van der Waals surface area contributed by atoms with Crippen LogP contribution in [0.3, 0.4) is 0 Å². The maximum absolute atomic E-state index is 12.9. The molecule has 3 aliphatic carbocycles. The van der Waals surface area contributed by atoms with Crippen molar-refractivity contribution in [2.24, 2.45) is 26.6 Å². The highest BCUT2D eigenvalue weighted by Crippen LogP contribution is 2.46. The number of carbonyl (C=O) groups excluding carboxylic acids is 3. The fourth-order valence-electron chi connectivity index (χ4n) is 15.7. The van der Waals surface area contributed by atoms with Gasteiger partial charge in [0, 0.05) is 84.4 Å². The first-order chi connectivity index (χ1) is 61.9. The third kappa shape index (κ3) is 24.2. The highest BCUT2D eigenvalue weighted by atomic mass is 35.5. The van der Waals surface area contributed by atoms with Crippen LogP contribution in [0.1, 0.15) is 197 Å². The van der Waals surface area contributed by atoms with Gasteiger partial charge in [-0.2, -0.15) is 35.5 Å². The number of halogens is 3. The molecule has 0 unspecified atom stereocenters. The van der Waals surface area contributed by atoms with Crippen molar-refractivity contribution in [2.45, 2.75) is 233 Å². The summed E-state index contributed by atoms with van der Waals surface area (Å²) in [5.41, 5.74) is 9.52. The second-order valence-electron chi connectivity index (χ2n) is 36.5. The van der Waals surface area contributed by atoms with Crippen LogP contribution in [0.25, 0.3) is 0 Å². The number of likely N-dealkylation sites (N-methyl/N-ethyl adjacent to an activating group) is 1. The van der Waals surface area contributed by atoms with E-state index in [1.807, 2.05) is 68.6 Å². The van der Waals surface area contributed by atoms with Gasteiger partial charge >= 0.3 is 0 Å². The lowest BCUT2D eigenvalue weighted by molar-refractivity contribution is -0.140. The molecule has 131 heavy (non-hydrogen) atoms. The summed E-state index contributed by atoms with van der Waals surface area (Å²) in [4.78, 5) is 71.9. The minimum atomic E-state index is -3.66. The van der Waals surface area contributed by atoms with E-state index in [0.29, 0.717) is 42.9 Å². The molecule has 6 fully saturated rings. The number of nitriles is 1. The quantitative estimate of drug-likeness (QED) is 0.0243. The number of rotatable bonds is 30. The summed E-state index contributed by atoms with van der Waals surface area (Å²) in [6.07, 6.45) is 20.7. The van der Waals surface area contributed by atoms with E-state index in [0.717, 1.165) is 143 Å². The maximum Gasteiger partial charge on any atom is 0.236 e. The number of ether oxygens (including phenoxy) is 3. The van der Waals surface area contributed by atoms with Gasteiger partial charge in [0.2, 0.25) is 80.2 Å². The smallest absolute Gasteiger partial charge is 0.236 e. The molecule has 6 aliphatic rings. The lowest BCUT2D eigenvalue weighted by atomic mass is 9.85. The average molecular weight is 1920 g/mol. The number of carbonyl (C=O) groups is 3. The summed E-state index contributed by atoms with van der Waals surface area (Å²) in [6, 6.07) is 14.4. The summed E-state index contributed by atoms with van der Waals surface area (Å²) >= 11 is 19.3. The molecule has 6 N–H and O–H groups in total. The average Bonchev–Trinajstić information content (AvgIpc) is 1.56. The molecule has 0 bridgehead atoms. The zero-order chi connectivity index (χ0) is 94.6. The fraction of sp³-hybridized carbons (Fsp3) is 0.522. The van der Waals surface area contributed by atoms with Crippen LogP contribution in [-0.4, -0.2) is 216 Å². The molecule has 41 heteroatoms. The van der Waals surface area contributed by atoms with Gasteiger partial charge < -0.3 is 65.7 Å². The fourth-order valence-corrected chi connectivity index (χ4v) is 19.4. The van der Waals surface area contributed by atoms with Gasteiger partial charge in [-0.1, -0.05) is 55.6 Å². The Morgan fingerprint density at radius 1 is 0.450 bits per heavy atom. The Balaban J connectivity index is 0.000000167. The van der Waals surface area contributed by atoms with Gasteiger partial charge in [-0.3, -0.25) is 28.4 Å². The van der Waals surface area contributed by atoms with Crippen molar-refractivity contribution in [1.29, 1.82) is 5.26 Å². The number of aryl methyl sites for hydroxylation is 6. The first-order valence-corrected chi connectivity index (χ1v) is 50.0. The van der Waals surface area contributed by atoms with Crippen LogP contribution >= 0.6 is 34.8 Å². The van der Waals surface area contributed by atoms with E-state index in [2.05, 4.69) is 121 Å². The number of nitrogens with zero attached hydrogens (tertiary/aromatic N) is 17. The second kappa shape index (κ2) is 40.8. The largest absolute Gasteiger partial charge is 0.488 e. The number of benzene rings is 3. The number of nitrogens with one attached hydrogen (secondary N) is 6. The topological polar surface area (TPSA) is 421 Å². The van der Waals surface area contributed by atoms with E-state index >= 15 is 0 Å². The maximum atomic E-state index is 12.9. The Morgan fingerprint density at radius 2 is 0.733 bits per heavy atom. The standard InChI is InChI=1S/C31H42ClN7O4S.C30H41ClN8O4S.C29H35ClN8O4S/c1-18(2)44(41,42)28-25(17-38(7)37-28)34-27-23(32)16-33-30(36-27)35-24-14-19(3)22(15-26(24)43-21-8-9-21)20-10-12-39(13-11-20)29(40)31(4,5)6;1-18(2)44(41,42)29-25(16-38(6)36-29)33-28-23(31)15-32-30(35-28)34-24-13-19(3)22(14-26(24)43-21-7-8-21)20-9-11-39(12-10-20)27(40)17-37(4)5;1-17(2)43(40,41)28-24(16-37(4)36-28)33-27-22(30)15-32-29(35-27)34-23-13-18(3)21(14-25(23)42-20-5-6-20)19-8-11-38(12-9-19)26(39)7-10-31/h14-18,20-21H,8-13H2,1-7H3,(H2,33,34,35,36);13-16,18,20-21H,7-12,17H2,1-6H3,(H2,32,33,34,35);13-17,19-20H,5-9,11-12H2,1-4H3,(H2,32,33,34,35). The van der Waals surface area contributed by atoms with Crippen molar-refractivity contribution >= 4 is 151 Å². The predicted molar refractivity (Wildman–Crippen MR) is 506 cm³/mol. The molecule has 9 heterocycles. The number of amides is 3. The monoisotopic (exact) mass is 1910 g/mol. The van der Waals surface area contributed by atoms with Crippen molar-refractivity contribution in [3.63, 3.8) is 0 Å². The molecule has 15 rings (SSSR count). The highest BCUT2D eigenvalue weighted by molar-refractivity contribution is 7.92. The van der Waals surface area contributed by atoms with Crippen molar-refractivity contribution < 1.29 is 53.8 Å². The van der Waals surface area contributed by atoms with Gasteiger partial charge in [-0.15, -0.1) is 0 Å². The Bertz CT molecular complexity index is 6120. The molecule has 704 valence electrons.